The molecule has 0 bridgehead atoms. The lowest BCUT2D eigenvalue weighted by atomic mass is 9.78. The summed E-state index contributed by atoms with van der Waals surface area (Å²) >= 11 is 0. The van der Waals surface area contributed by atoms with Gasteiger partial charge in [0.05, 0.1) is 5.75 Å². The summed E-state index contributed by atoms with van der Waals surface area (Å²) in [5.74, 6) is 0.594. The Labute approximate surface area is 182 Å². The number of hydrogen-bond donors (Lipinski definition) is 1. The van der Waals surface area contributed by atoms with E-state index in [2.05, 4.69) is 29.1 Å². The Hall–Kier alpha value is -3.26. The molecule has 1 aromatic heterocycles. The fourth-order valence-corrected chi connectivity index (χ4v) is 4.69. The van der Waals surface area contributed by atoms with Gasteiger partial charge in [-0.05, 0) is 29.3 Å². The van der Waals surface area contributed by atoms with Gasteiger partial charge in [0.1, 0.15) is 5.82 Å². The van der Waals surface area contributed by atoms with E-state index in [4.69, 9.17) is 0 Å². The van der Waals surface area contributed by atoms with Crippen LogP contribution in [-0.2, 0) is 21.0 Å². The summed E-state index contributed by atoms with van der Waals surface area (Å²) in [5.41, 5.74) is 2.71. The van der Waals surface area contributed by atoms with Gasteiger partial charge in [0, 0.05) is 35.7 Å². The maximum absolute atomic E-state index is 13.2. The second-order valence-corrected chi connectivity index (χ2v) is 10.6. The fraction of sp³-hybridized carbons (Fsp3) is 0.261. The highest BCUT2D eigenvalue weighted by atomic mass is 32.2. The van der Waals surface area contributed by atoms with Crippen LogP contribution in [0.15, 0.2) is 60.8 Å². The molecule has 1 N–H and O–H groups in total. The molecule has 1 aliphatic rings. The number of sulfone groups is 1. The molecule has 0 spiro atoms. The van der Waals surface area contributed by atoms with Gasteiger partial charge >= 0.3 is 0 Å². The fourth-order valence-electron chi connectivity index (χ4n) is 3.87. The Bertz CT molecular complexity index is 1250. The predicted octanol–water partition coefficient (Wildman–Crippen LogP) is 3.70. The first kappa shape index (κ1) is 21.0. The van der Waals surface area contributed by atoms with E-state index >= 15 is 0 Å². The van der Waals surface area contributed by atoms with Gasteiger partial charge in [0.15, 0.2) is 9.84 Å². The van der Waals surface area contributed by atoms with Crippen LogP contribution in [-0.4, -0.2) is 37.1 Å². The largest absolute Gasteiger partial charge is 0.324 e. The molecule has 3 aromatic rings. The smallest absolute Gasteiger partial charge is 0.259 e. The standard InChI is InChI=1S/C23H24N4O3S/c1-23(2)15-27(21(28)17-9-5-6-10-18(17)23)20-12-13-24-22(26-20)25-19-11-7-4-8-16(19)14-31(3,29)30/h4-13H,14-15H2,1-3H3,(H,24,25,26). The van der Waals surface area contributed by atoms with Crippen LogP contribution in [0.1, 0.15) is 35.3 Å². The molecule has 1 amide bonds. The number of carbonyl (C=O) groups is 1. The number of fused-ring (bicyclic) bond motifs is 1. The molecule has 8 heteroatoms. The first-order valence-corrected chi connectivity index (χ1v) is 12.0. The summed E-state index contributed by atoms with van der Waals surface area (Å²) in [6.07, 6.45) is 2.78. The van der Waals surface area contributed by atoms with Crippen LogP contribution in [0.5, 0.6) is 0 Å². The molecule has 160 valence electrons. The average Bonchev–Trinajstić information content (AvgIpc) is 2.71. The molecule has 2 aromatic carbocycles. The quantitative estimate of drug-likeness (QED) is 0.656. The maximum Gasteiger partial charge on any atom is 0.259 e. The minimum Gasteiger partial charge on any atom is -0.324 e. The summed E-state index contributed by atoms with van der Waals surface area (Å²) < 4.78 is 23.5. The Kier molecular flexibility index (Phi) is 5.26. The van der Waals surface area contributed by atoms with Gasteiger partial charge in [-0.3, -0.25) is 9.69 Å². The van der Waals surface area contributed by atoms with Crippen molar-refractivity contribution in [2.45, 2.75) is 25.0 Å². The van der Waals surface area contributed by atoms with Crippen LogP contribution >= 0.6 is 0 Å². The van der Waals surface area contributed by atoms with Crippen molar-refractivity contribution >= 4 is 33.2 Å². The Morgan fingerprint density at radius 3 is 2.55 bits per heavy atom. The van der Waals surface area contributed by atoms with E-state index in [9.17, 15) is 13.2 Å². The number of carbonyl (C=O) groups excluding carboxylic acids is 1. The summed E-state index contributed by atoms with van der Waals surface area (Å²) in [7, 11) is -3.20. The van der Waals surface area contributed by atoms with E-state index in [1.165, 1.54) is 6.26 Å². The molecule has 4 rings (SSSR count). The first-order valence-electron chi connectivity index (χ1n) is 9.91. The van der Waals surface area contributed by atoms with E-state index in [-0.39, 0.29) is 17.1 Å². The summed E-state index contributed by atoms with van der Waals surface area (Å²) in [4.78, 5) is 23.6. The van der Waals surface area contributed by atoms with E-state index in [1.807, 2.05) is 30.3 Å². The Morgan fingerprint density at radius 2 is 1.77 bits per heavy atom. The van der Waals surface area contributed by atoms with Crippen LogP contribution in [0.3, 0.4) is 0 Å². The van der Waals surface area contributed by atoms with Gasteiger partial charge in [-0.1, -0.05) is 50.2 Å². The van der Waals surface area contributed by atoms with E-state index in [1.54, 1.807) is 35.4 Å². The number of nitrogens with one attached hydrogen (secondary N) is 1. The van der Waals surface area contributed by atoms with Crippen molar-refractivity contribution in [3.8, 4) is 0 Å². The first-order chi connectivity index (χ1) is 14.6. The molecular weight excluding hydrogens is 412 g/mol. The number of para-hydroxylation sites is 1. The highest BCUT2D eigenvalue weighted by molar-refractivity contribution is 7.89. The van der Waals surface area contributed by atoms with Crippen molar-refractivity contribution in [1.82, 2.24) is 9.97 Å². The number of nitrogens with zero attached hydrogens (tertiary/aromatic N) is 3. The molecule has 1 aliphatic heterocycles. The van der Waals surface area contributed by atoms with Crippen LogP contribution in [0.25, 0.3) is 0 Å². The molecule has 0 saturated heterocycles. The molecule has 0 radical (unpaired) electrons. The van der Waals surface area contributed by atoms with Crippen molar-refractivity contribution in [3.63, 3.8) is 0 Å². The van der Waals surface area contributed by atoms with E-state index in [0.717, 1.165) is 5.56 Å². The highest BCUT2D eigenvalue weighted by Gasteiger charge is 2.37. The molecule has 0 atom stereocenters. The van der Waals surface area contributed by atoms with Crippen molar-refractivity contribution in [2.75, 3.05) is 23.0 Å². The van der Waals surface area contributed by atoms with Gasteiger partial charge in [-0.15, -0.1) is 0 Å². The third-order valence-electron chi connectivity index (χ3n) is 5.28. The van der Waals surface area contributed by atoms with Crippen molar-refractivity contribution in [3.05, 3.63) is 77.5 Å². The van der Waals surface area contributed by atoms with Gasteiger partial charge in [0.2, 0.25) is 5.95 Å². The highest BCUT2D eigenvalue weighted by Crippen LogP contribution is 2.35. The minimum absolute atomic E-state index is 0.0918. The van der Waals surface area contributed by atoms with Crippen molar-refractivity contribution in [1.29, 1.82) is 0 Å². The number of aromatic nitrogens is 2. The van der Waals surface area contributed by atoms with E-state index in [0.29, 0.717) is 35.1 Å². The minimum atomic E-state index is -3.20. The zero-order valence-corrected chi connectivity index (χ0v) is 18.5. The van der Waals surface area contributed by atoms with Crippen LogP contribution in [0, 0.1) is 0 Å². The third kappa shape index (κ3) is 4.44. The molecule has 2 heterocycles. The number of rotatable bonds is 5. The lowest BCUT2D eigenvalue weighted by Crippen LogP contribution is -2.47. The van der Waals surface area contributed by atoms with Gasteiger partial charge in [-0.2, -0.15) is 4.98 Å². The van der Waals surface area contributed by atoms with Gasteiger partial charge in [-0.25, -0.2) is 13.4 Å². The third-order valence-corrected chi connectivity index (χ3v) is 6.12. The predicted molar refractivity (Wildman–Crippen MR) is 121 cm³/mol. The Morgan fingerprint density at radius 1 is 1.06 bits per heavy atom. The number of amides is 1. The van der Waals surface area contributed by atoms with Crippen LogP contribution in [0.4, 0.5) is 17.5 Å². The maximum atomic E-state index is 13.2. The normalized spacial score (nSPS) is 15.5. The zero-order chi connectivity index (χ0) is 22.2. The Balaban J connectivity index is 1.66. The number of benzene rings is 2. The topological polar surface area (TPSA) is 92.3 Å². The number of hydrogen-bond acceptors (Lipinski definition) is 6. The monoisotopic (exact) mass is 436 g/mol. The van der Waals surface area contributed by atoms with Crippen molar-refractivity contribution in [2.24, 2.45) is 0 Å². The summed E-state index contributed by atoms with van der Waals surface area (Å²) in [5, 5.41) is 3.10. The molecule has 0 fully saturated rings. The number of anilines is 3. The molecule has 0 saturated carbocycles. The average molecular weight is 437 g/mol. The molecule has 0 unspecified atom stereocenters. The lowest BCUT2D eigenvalue weighted by Gasteiger charge is -2.38. The molecule has 7 nitrogen and oxygen atoms in total. The van der Waals surface area contributed by atoms with Crippen LogP contribution in [0.2, 0.25) is 0 Å². The second-order valence-electron chi connectivity index (χ2n) is 8.41. The molecule has 31 heavy (non-hydrogen) atoms. The van der Waals surface area contributed by atoms with E-state index < -0.39 is 9.84 Å². The zero-order valence-electron chi connectivity index (χ0n) is 17.7. The van der Waals surface area contributed by atoms with Gasteiger partial charge in [0.25, 0.3) is 5.91 Å². The van der Waals surface area contributed by atoms with Crippen molar-refractivity contribution < 1.29 is 13.2 Å². The molecule has 0 aliphatic carbocycles. The summed E-state index contributed by atoms with van der Waals surface area (Å²) in [6, 6.07) is 16.5. The van der Waals surface area contributed by atoms with Crippen LogP contribution < -0.4 is 10.2 Å². The summed E-state index contributed by atoms with van der Waals surface area (Å²) in [6.45, 7) is 4.70. The lowest BCUT2D eigenvalue weighted by molar-refractivity contribution is 0.0968. The SMILES string of the molecule is CC1(C)CN(c2ccnc(Nc3ccccc3CS(C)(=O)=O)n2)C(=O)c2ccccc21. The second kappa shape index (κ2) is 7.77. The van der Waals surface area contributed by atoms with Gasteiger partial charge < -0.3 is 5.32 Å². The molecular formula is C23H24N4O3S.